The van der Waals surface area contributed by atoms with E-state index in [9.17, 15) is 4.79 Å². The minimum atomic E-state index is -0.439. The third kappa shape index (κ3) is 4.67. The maximum Gasteiger partial charge on any atom is 0.237 e. The van der Waals surface area contributed by atoms with Gasteiger partial charge in [0.15, 0.2) is 0 Å². The van der Waals surface area contributed by atoms with Gasteiger partial charge in [-0.1, -0.05) is 56.0 Å². The molecule has 0 spiro atoms. The van der Waals surface area contributed by atoms with E-state index in [1.165, 1.54) is 25.7 Å². The fourth-order valence-corrected chi connectivity index (χ4v) is 2.79. The second kappa shape index (κ2) is 7.29. The van der Waals surface area contributed by atoms with Crippen LogP contribution in [0.3, 0.4) is 0 Å². The lowest BCUT2D eigenvalue weighted by Crippen LogP contribution is -2.42. The highest BCUT2D eigenvalue weighted by Gasteiger charge is 2.17. The summed E-state index contributed by atoms with van der Waals surface area (Å²) in [5.41, 5.74) is 7.04. The van der Waals surface area contributed by atoms with Gasteiger partial charge in [0, 0.05) is 6.54 Å². The first kappa shape index (κ1) is 14.1. The minimum absolute atomic E-state index is 0.0261. The Morgan fingerprint density at radius 2 is 1.95 bits per heavy atom. The second-order valence-electron chi connectivity index (χ2n) is 5.53. The van der Waals surface area contributed by atoms with Gasteiger partial charge in [0.25, 0.3) is 0 Å². The zero-order valence-corrected chi connectivity index (χ0v) is 11.5. The first-order valence-electron chi connectivity index (χ1n) is 7.33. The van der Waals surface area contributed by atoms with Crippen molar-refractivity contribution in [2.24, 2.45) is 11.7 Å². The van der Waals surface area contributed by atoms with Gasteiger partial charge in [-0.05, 0) is 24.3 Å². The molecule has 0 aromatic heterocycles. The van der Waals surface area contributed by atoms with E-state index < -0.39 is 6.04 Å². The lowest BCUT2D eigenvalue weighted by molar-refractivity contribution is -0.122. The molecular formula is C16H24N2O. The van der Waals surface area contributed by atoms with Gasteiger partial charge in [0.05, 0.1) is 6.04 Å². The molecule has 3 nitrogen and oxygen atoms in total. The Hall–Kier alpha value is -1.35. The molecule has 1 fully saturated rings. The third-order valence-corrected chi connectivity index (χ3v) is 3.96. The lowest BCUT2D eigenvalue weighted by Gasteiger charge is -2.14. The fourth-order valence-electron chi connectivity index (χ4n) is 2.79. The molecule has 2 rings (SSSR count). The molecule has 1 aromatic carbocycles. The van der Waals surface area contributed by atoms with Gasteiger partial charge in [0.2, 0.25) is 5.91 Å². The number of amides is 1. The van der Waals surface area contributed by atoms with Crippen molar-refractivity contribution in [1.29, 1.82) is 0 Å². The quantitative estimate of drug-likeness (QED) is 0.824. The molecule has 19 heavy (non-hydrogen) atoms. The predicted octanol–water partition coefficient (Wildman–Crippen LogP) is 2.25. The highest BCUT2D eigenvalue weighted by molar-refractivity contribution is 5.81. The van der Waals surface area contributed by atoms with E-state index in [1.807, 2.05) is 30.3 Å². The first-order valence-corrected chi connectivity index (χ1v) is 7.33. The van der Waals surface area contributed by atoms with Crippen molar-refractivity contribution in [3.05, 3.63) is 35.9 Å². The summed E-state index contributed by atoms with van der Waals surface area (Å²) in [5, 5.41) is 2.97. The Morgan fingerprint density at radius 3 is 2.63 bits per heavy atom. The number of hydrogen-bond donors (Lipinski definition) is 2. The van der Waals surface area contributed by atoms with Crippen LogP contribution in [0.25, 0.3) is 0 Å². The summed E-state index contributed by atoms with van der Waals surface area (Å²) in [6, 6.07) is 9.49. The summed E-state index contributed by atoms with van der Waals surface area (Å²) in [5.74, 6) is 0.785. The van der Waals surface area contributed by atoms with Crippen LogP contribution >= 0.6 is 0 Å². The normalized spacial score (nSPS) is 17.3. The predicted molar refractivity (Wildman–Crippen MR) is 77.7 cm³/mol. The molecule has 3 heteroatoms. The van der Waals surface area contributed by atoms with Crippen LogP contribution in [0.1, 0.15) is 37.7 Å². The first-order chi connectivity index (χ1) is 9.25. The molecule has 1 saturated carbocycles. The number of carbonyl (C=O) groups excluding carboxylic acids is 1. The van der Waals surface area contributed by atoms with Crippen molar-refractivity contribution < 1.29 is 4.79 Å². The van der Waals surface area contributed by atoms with Gasteiger partial charge in [-0.25, -0.2) is 0 Å². The maximum atomic E-state index is 11.9. The summed E-state index contributed by atoms with van der Waals surface area (Å²) in [6.45, 7) is 0.770. The number of nitrogens with one attached hydrogen (secondary N) is 1. The summed E-state index contributed by atoms with van der Waals surface area (Å²) >= 11 is 0. The van der Waals surface area contributed by atoms with Gasteiger partial charge >= 0.3 is 0 Å². The van der Waals surface area contributed by atoms with Crippen molar-refractivity contribution in [2.45, 2.75) is 44.6 Å². The highest BCUT2D eigenvalue weighted by Crippen LogP contribution is 2.26. The Bertz CT molecular complexity index is 385. The molecule has 0 unspecified atom stereocenters. The van der Waals surface area contributed by atoms with E-state index in [0.717, 1.165) is 24.4 Å². The van der Waals surface area contributed by atoms with Crippen molar-refractivity contribution in [3.8, 4) is 0 Å². The van der Waals surface area contributed by atoms with Crippen LogP contribution in [0.4, 0.5) is 0 Å². The molecular weight excluding hydrogens is 236 g/mol. The highest BCUT2D eigenvalue weighted by atomic mass is 16.2. The molecule has 1 aliphatic rings. The summed E-state index contributed by atoms with van der Waals surface area (Å²) < 4.78 is 0. The molecule has 3 N–H and O–H groups in total. The second-order valence-corrected chi connectivity index (χ2v) is 5.53. The van der Waals surface area contributed by atoms with Crippen molar-refractivity contribution in [1.82, 2.24) is 5.32 Å². The molecule has 104 valence electrons. The fraction of sp³-hybridized carbons (Fsp3) is 0.562. The van der Waals surface area contributed by atoms with Crippen LogP contribution in [0, 0.1) is 5.92 Å². The molecule has 0 radical (unpaired) electrons. The standard InChI is InChI=1S/C16H24N2O/c17-15(12-14-8-2-1-3-9-14)16(19)18-11-10-13-6-4-5-7-13/h1-3,8-9,13,15H,4-7,10-12,17H2,(H,18,19)/t15-/m0/s1. The number of carbonyl (C=O) groups is 1. The van der Waals surface area contributed by atoms with Crippen LogP contribution in [-0.2, 0) is 11.2 Å². The van der Waals surface area contributed by atoms with Crippen LogP contribution in [0.2, 0.25) is 0 Å². The third-order valence-electron chi connectivity index (χ3n) is 3.96. The molecule has 0 saturated heterocycles. The molecule has 0 heterocycles. The Labute approximate surface area is 115 Å². The number of rotatable bonds is 6. The van der Waals surface area contributed by atoms with Gasteiger partial charge in [0.1, 0.15) is 0 Å². The molecule has 0 aliphatic heterocycles. The Kier molecular flexibility index (Phi) is 5.40. The van der Waals surface area contributed by atoms with Gasteiger partial charge in [-0.3, -0.25) is 4.79 Å². The van der Waals surface area contributed by atoms with Gasteiger partial charge in [-0.2, -0.15) is 0 Å². The van der Waals surface area contributed by atoms with E-state index in [1.54, 1.807) is 0 Å². The molecule has 1 atom stereocenters. The van der Waals surface area contributed by atoms with E-state index in [2.05, 4.69) is 5.32 Å². The lowest BCUT2D eigenvalue weighted by atomic mass is 10.0. The van der Waals surface area contributed by atoms with Crippen LogP contribution in [0.5, 0.6) is 0 Å². The molecule has 1 amide bonds. The van der Waals surface area contributed by atoms with Crippen molar-refractivity contribution in [2.75, 3.05) is 6.54 Å². The smallest absolute Gasteiger partial charge is 0.237 e. The van der Waals surface area contributed by atoms with Crippen molar-refractivity contribution in [3.63, 3.8) is 0 Å². The average Bonchev–Trinajstić information content (AvgIpc) is 2.93. The van der Waals surface area contributed by atoms with Crippen LogP contribution < -0.4 is 11.1 Å². The molecule has 1 aliphatic carbocycles. The molecule has 0 bridgehead atoms. The maximum absolute atomic E-state index is 11.9. The van der Waals surface area contributed by atoms with Crippen LogP contribution in [-0.4, -0.2) is 18.5 Å². The zero-order valence-electron chi connectivity index (χ0n) is 11.5. The van der Waals surface area contributed by atoms with Gasteiger partial charge < -0.3 is 11.1 Å². The number of hydrogen-bond acceptors (Lipinski definition) is 2. The topological polar surface area (TPSA) is 55.1 Å². The number of nitrogens with two attached hydrogens (primary N) is 1. The summed E-state index contributed by atoms with van der Waals surface area (Å²) in [4.78, 5) is 11.9. The molecule has 1 aromatic rings. The Morgan fingerprint density at radius 1 is 1.26 bits per heavy atom. The Balaban J connectivity index is 1.67. The monoisotopic (exact) mass is 260 g/mol. The van der Waals surface area contributed by atoms with Gasteiger partial charge in [-0.15, -0.1) is 0 Å². The SMILES string of the molecule is N[C@@H](Cc1ccccc1)C(=O)NCCC1CCCC1. The number of benzene rings is 1. The minimum Gasteiger partial charge on any atom is -0.355 e. The average molecular weight is 260 g/mol. The van der Waals surface area contributed by atoms with E-state index in [4.69, 9.17) is 5.73 Å². The van der Waals surface area contributed by atoms with E-state index >= 15 is 0 Å². The largest absolute Gasteiger partial charge is 0.355 e. The van der Waals surface area contributed by atoms with Crippen molar-refractivity contribution >= 4 is 5.91 Å². The summed E-state index contributed by atoms with van der Waals surface area (Å²) in [7, 11) is 0. The summed E-state index contributed by atoms with van der Waals surface area (Å²) in [6.07, 6.45) is 7.07. The van der Waals surface area contributed by atoms with E-state index in [0.29, 0.717) is 6.42 Å². The van der Waals surface area contributed by atoms with E-state index in [-0.39, 0.29) is 5.91 Å². The van der Waals surface area contributed by atoms with Crippen LogP contribution in [0.15, 0.2) is 30.3 Å². The zero-order chi connectivity index (χ0) is 13.5.